The number of amidine groups is 2. The number of hydrogen-bond acceptors (Lipinski definition) is 7. The number of nitrogens with zero attached hydrogens (tertiary/aromatic N) is 6. The Bertz CT molecular complexity index is 1830. The number of aromatic nitrogens is 2. The van der Waals surface area contributed by atoms with Gasteiger partial charge in [0.2, 0.25) is 0 Å². The van der Waals surface area contributed by atoms with Crippen LogP contribution in [0.2, 0.25) is 0 Å². The van der Waals surface area contributed by atoms with Gasteiger partial charge in [-0.25, -0.2) is 14.7 Å². The van der Waals surface area contributed by atoms with E-state index in [2.05, 4.69) is 10.2 Å². The minimum Gasteiger partial charge on any atom is -0.337 e. The molecule has 0 saturated heterocycles. The molecule has 9 heteroatoms. The van der Waals surface area contributed by atoms with Gasteiger partial charge in [-0.15, -0.1) is 0 Å². The van der Waals surface area contributed by atoms with E-state index >= 15 is 0 Å². The lowest BCUT2D eigenvalue weighted by molar-refractivity contribution is -0.384. The third-order valence-corrected chi connectivity index (χ3v) is 7.07. The number of aryl methyl sites for hydroxylation is 1. The summed E-state index contributed by atoms with van der Waals surface area (Å²) >= 11 is 0. The number of anilines is 2. The molecule has 0 fully saturated rings. The highest BCUT2D eigenvalue weighted by Crippen LogP contribution is 2.48. The van der Waals surface area contributed by atoms with Crippen LogP contribution in [0.1, 0.15) is 22.9 Å². The summed E-state index contributed by atoms with van der Waals surface area (Å²) < 4.78 is 1.83. The van der Waals surface area contributed by atoms with Crippen LogP contribution in [-0.4, -0.2) is 26.4 Å². The van der Waals surface area contributed by atoms with Gasteiger partial charge in [0, 0.05) is 23.4 Å². The third-order valence-electron chi connectivity index (χ3n) is 7.07. The highest BCUT2D eigenvalue weighted by atomic mass is 16.6. The van der Waals surface area contributed by atoms with Gasteiger partial charge in [-0.05, 0) is 48.9 Å². The zero-order valence-corrected chi connectivity index (χ0v) is 21.5. The van der Waals surface area contributed by atoms with E-state index in [4.69, 9.17) is 15.1 Å². The average molecular weight is 526 g/mol. The number of rotatable bonds is 4. The molecular formula is C31H23N7O2. The summed E-state index contributed by atoms with van der Waals surface area (Å²) in [6.07, 6.45) is 0. The number of aliphatic imine (C=N–C) groups is 2. The number of nitrogens with one attached hydrogen (secondary N) is 1. The highest BCUT2D eigenvalue weighted by Gasteiger charge is 2.41. The molecule has 194 valence electrons. The van der Waals surface area contributed by atoms with E-state index in [9.17, 15) is 10.1 Å². The largest absolute Gasteiger partial charge is 0.337 e. The molecule has 40 heavy (non-hydrogen) atoms. The van der Waals surface area contributed by atoms with Crippen LogP contribution >= 0.6 is 0 Å². The van der Waals surface area contributed by atoms with E-state index in [1.165, 1.54) is 6.07 Å². The van der Waals surface area contributed by atoms with Crippen molar-refractivity contribution in [2.45, 2.75) is 13.0 Å². The zero-order valence-electron chi connectivity index (χ0n) is 21.5. The molecular weight excluding hydrogens is 502 g/mol. The molecule has 0 aliphatic carbocycles. The molecule has 2 aliphatic rings. The van der Waals surface area contributed by atoms with Crippen molar-refractivity contribution in [3.63, 3.8) is 0 Å². The van der Waals surface area contributed by atoms with Crippen molar-refractivity contribution in [1.29, 1.82) is 0 Å². The molecule has 7 rings (SSSR count). The first-order chi connectivity index (χ1) is 19.6. The maximum Gasteiger partial charge on any atom is 0.269 e. The molecule has 3 heterocycles. The molecule has 1 aromatic heterocycles. The van der Waals surface area contributed by atoms with Crippen molar-refractivity contribution >= 4 is 40.2 Å². The van der Waals surface area contributed by atoms with E-state index in [0.717, 1.165) is 39.6 Å². The minimum absolute atomic E-state index is 0.0258. The second-order valence-corrected chi connectivity index (χ2v) is 9.57. The lowest BCUT2D eigenvalue weighted by Gasteiger charge is -2.40. The van der Waals surface area contributed by atoms with Crippen LogP contribution in [0.4, 0.5) is 28.6 Å². The molecule has 0 saturated carbocycles. The normalized spacial score (nSPS) is 15.3. The van der Waals surface area contributed by atoms with Crippen molar-refractivity contribution in [2.24, 2.45) is 9.98 Å². The summed E-state index contributed by atoms with van der Waals surface area (Å²) in [4.78, 5) is 23.7. The van der Waals surface area contributed by atoms with Crippen LogP contribution in [-0.2, 0) is 0 Å². The topological polar surface area (TPSA) is 101 Å². The van der Waals surface area contributed by atoms with Crippen molar-refractivity contribution < 1.29 is 4.92 Å². The third kappa shape index (κ3) is 3.83. The smallest absolute Gasteiger partial charge is 0.269 e. The fourth-order valence-electron chi connectivity index (χ4n) is 5.33. The average Bonchev–Trinajstić information content (AvgIpc) is 3.33. The Labute approximate surface area is 229 Å². The first kappa shape index (κ1) is 23.5. The lowest BCUT2D eigenvalue weighted by Crippen LogP contribution is -2.46. The highest BCUT2D eigenvalue weighted by molar-refractivity contribution is 6.51. The Morgan fingerprint density at radius 1 is 0.850 bits per heavy atom. The predicted octanol–water partition coefficient (Wildman–Crippen LogP) is 6.88. The maximum absolute atomic E-state index is 11.8. The second-order valence-electron chi connectivity index (χ2n) is 9.57. The number of nitro groups is 1. The van der Waals surface area contributed by atoms with Crippen LogP contribution in [0.25, 0.3) is 5.69 Å². The van der Waals surface area contributed by atoms with Gasteiger partial charge in [0.1, 0.15) is 0 Å². The molecule has 0 amide bonds. The van der Waals surface area contributed by atoms with Crippen LogP contribution < -0.4 is 10.2 Å². The fraction of sp³-hybridized carbons (Fsp3) is 0.0645. The van der Waals surface area contributed by atoms with Gasteiger partial charge in [0.25, 0.3) is 5.69 Å². The van der Waals surface area contributed by atoms with Gasteiger partial charge in [-0.2, -0.15) is 5.10 Å². The van der Waals surface area contributed by atoms with Crippen LogP contribution in [0.3, 0.4) is 0 Å². The summed E-state index contributed by atoms with van der Waals surface area (Å²) in [6, 6.07) is 33.9. The molecule has 2 aliphatic heterocycles. The molecule has 0 spiro atoms. The first-order valence-electron chi connectivity index (χ1n) is 12.9. The minimum atomic E-state index is -0.441. The number of non-ortho nitro benzene ring substituents is 1. The van der Waals surface area contributed by atoms with Crippen LogP contribution in [0.5, 0.6) is 0 Å². The molecule has 4 aromatic carbocycles. The van der Waals surface area contributed by atoms with Crippen molar-refractivity contribution in [2.75, 3.05) is 10.2 Å². The zero-order chi connectivity index (χ0) is 27.2. The monoisotopic (exact) mass is 525 g/mol. The Hall–Kier alpha value is -5.57. The number of benzene rings is 4. The van der Waals surface area contributed by atoms with Gasteiger partial charge in [0.15, 0.2) is 17.5 Å². The maximum atomic E-state index is 11.8. The lowest BCUT2D eigenvalue weighted by atomic mass is 9.93. The second kappa shape index (κ2) is 9.32. The summed E-state index contributed by atoms with van der Waals surface area (Å²) in [5.74, 6) is 1.83. The van der Waals surface area contributed by atoms with Gasteiger partial charge in [0.05, 0.1) is 33.7 Å². The van der Waals surface area contributed by atoms with Gasteiger partial charge < -0.3 is 10.2 Å². The number of hydrogen-bond donors (Lipinski definition) is 1. The summed E-state index contributed by atoms with van der Waals surface area (Å²) in [6.45, 7) is 1.95. The summed E-state index contributed by atoms with van der Waals surface area (Å²) in [7, 11) is 0. The van der Waals surface area contributed by atoms with E-state index in [1.807, 2.05) is 103 Å². The number of nitro benzene ring substituents is 1. The molecule has 9 nitrogen and oxygen atoms in total. The SMILES string of the molecule is Cc1nn(-c2ccccc2)c2c1C(c1cccc([N+](=O)[O-])c1)N1C(=N2)C(Nc2ccccc2)=Nc2ccccc21. The Kier molecular flexibility index (Phi) is 5.48. The fourth-order valence-corrected chi connectivity index (χ4v) is 5.33. The molecule has 0 radical (unpaired) electrons. The molecule has 1 atom stereocenters. The van der Waals surface area contributed by atoms with E-state index < -0.39 is 6.04 Å². The Morgan fingerprint density at radius 2 is 1.57 bits per heavy atom. The number of fused-ring (bicyclic) bond motifs is 4. The quantitative estimate of drug-likeness (QED) is 0.204. The molecule has 1 unspecified atom stereocenters. The van der Waals surface area contributed by atoms with Crippen molar-refractivity contribution in [3.8, 4) is 5.69 Å². The summed E-state index contributed by atoms with van der Waals surface area (Å²) in [5, 5.41) is 20.2. The van der Waals surface area contributed by atoms with E-state index in [-0.39, 0.29) is 10.6 Å². The van der Waals surface area contributed by atoms with Crippen LogP contribution in [0, 0.1) is 17.0 Å². The Morgan fingerprint density at radius 3 is 2.35 bits per heavy atom. The predicted molar refractivity (Wildman–Crippen MR) is 156 cm³/mol. The first-order valence-corrected chi connectivity index (χ1v) is 12.9. The van der Waals surface area contributed by atoms with E-state index in [1.54, 1.807) is 12.1 Å². The van der Waals surface area contributed by atoms with E-state index in [0.29, 0.717) is 17.5 Å². The van der Waals surface area contributed by atoms with Gasteiger partial charge in [-0.1, -0.05) is 60.7 Å². The van der Waals surface area contributed by atoms with Gasteiger partial charge >= 0.3 is 0 Å². The van der Waals surface area contributed by atoms with Crippen molar-refractivity contribution in [1.82, 2.24) is 9.78 Å². The molecule has 1 N–H and O–H groups in total. The molecule has 5 aromatic rings. The molecule has 0 bridgehead atoms. The van der Waals surface area contributed by atoms with Crippen molar-refractivity contribution in [3.05, 3.63) is 136 Å². The van der Waals surface area contributed by atoms with Crippen LogP contribution in [0.15, 0.2) is 119 Å². The van der Waals surface area contributed by atoms with Gasteiger partial charge in [-0.3, -0.25) is 10.1 Å². The number of para-hydroxylation sites is 4. The standard InChI is InChI=1S/C31H23N7O2/c1-20-27-28(21-11-10-16-24(19-21)38(39)40)36-26-18-9-8-17-25(26)33-29(32-22-12-4-2-5-13-22)31(36)34-30(27)37(35-20)23-14-6-3-7-15-23/h2-19,28H,1H3,(H,32,33). The summed E-state index contributed by atoms with van der Waals surface area (Å²) in [5.41, 5.74) is 5.81. The Balaban J connectivity index is 1.51.